The number of hydrogen-bond donors (Lipinski definition) is 1. The van der Waals surface area contributed by atoms with Gasteiger partial charge in [0, 0.05) is 31.1 Å². The van der Waals surface area contributed by atoms with E-state index in [2.05, 4.69) is 24.0 Å². The summed E-state index contributed by atoms with van der Waals surface area (Å²) in [5.41, 5.74) is 7.79. The van der Waals surface area contributed by atoms with E-state index in [4.69, 9.17) is 10.5 Å². The lowest BCUT2D eigenvalue weighted by atomic mass is 10.1. The van der Waals surface area contributed by atoms with E-state index in [1.54, 1.807) is 0 Å². The van der Waals surface area contributed by atoms with Gasteiger partial charge in [0.25, 0.3) is 0 Å². The van der Waals surface area contributed by atoms with E-state index in [9.17, 15) is 0 Å². The first-order valence-electron chi connectivity index (χ1n) is 6.51. The standard InChI is InChI=1S/C14H22N2O/c1-2-11-17-14-7-9-16(10-8-14)13-5-3-12(15)4-6-13/h3-6,14H,2,7-11,15H2,1H3. The molecule has 1 aliphatic rings. The highest BCUT2D eigenvalue weighted by Gasteiger charge is 2.19. The average molecular weight is 234 g/mol. The second-order valence-corrected chi connectivity index (χ2v) is 4.65. The first kappa shape index (κ1) is 12.2. The molecule has 2 N–H and O–H groups in total. The summed E-state index contributed by atoms with van der Waals surface area (Å²) in [4.78, 5) is 2.41. The Bertz CT molecular complexity index is 329. The summed E-state index contributed by atoms with van der Waals surface area (Å²) in [7, 11) is 0. The third kappa shape index (κ3) is 3.37. The molecular formula is C14H22N2O. The van der Waals surface area contributed by atoms with Crippen molar-refractivity contribution < 1.29 is 4.74 Å². The SMILES string of the molecule is CCCOC1CCN(c2ccc(N)cc2)CC1. The van der Waals surface area contributed by atoms with Crippen molar-refractivity contribution in [3.63, 3.8) is 0 Å². The molecule has 1 aliphatic heterocycles. The zero-order valence-corrected chi connectivity index (χ0v) is 10.6. The van der Waals surface area contributed by atoms with Gasteiger partial charge in [0.15, 0.2) is 0 Å². The summed E-state index contributed by atoms with van der Waals surface area (Å²) in [6.07, 6.45) is 3.83. The Morgan fingerprint density at radius 3 is 2.47 bits per heavy atom. The van der Waals surface area contributed by atoms with Crippen LogP contribution < -0.4 is 10.6 Å². The minimum Gasteiger partial charge on any atom is -0.399 e. The van der Waals surface area contributed by atoms with Crippen LogP contribution in [0.4, 0.5) is 11.4 Å². The molecule has 0 atom stereocenters. The number of hydrogen-bond acceptors (Lipinski definition) is 3. The van der Waals surface area contributed by atoms with E-state index in [1.165, 1.54) is 5.69 Å². The van der Waals surface area contributed by atoms with Gasteiger partial charge in [-0.15, -0.1) is 0 Å². The number of nitrogen functional groups attached to an aromatic ring is 1. The smallest absolute Gasteiger partial charge is 0.0608 e. The van der Waals surface area contributed by atoms with Crippen LogP contribution in [0.5, 0.6) is 0 Å². The lowest BCUT2D eigenvalue weighted by Crippen LogP contribution is -2.37. The van der Waals surface area contributed by atoms with Crippen LogP contribution in [-0.2, 0) is 4.74 Å². The first-order valence-corrected chi connectivity index (χ1v) is 6.51. The summed E-state index contributed by atoms with van der Waals surface area (Å²) in [6.45, 7) is 5.21. The Kier molecular flexibility index (Phi) is 4.26. The van der Waals surface area contributed by atoms with Gasteiger partial charge in [0.05, 0.1) is 6.10 Å². The maximum Gasteiger partial charge on any atom is 0.0608 e. The molecule has 2 rings (SSSR count). The van der Waals surface area contributed by atoms with E-state index >= 15 is 0 Å². The molecular weight excluding hydrogens is 212 g/mol. The molecule has 1 saturated heterocycles. The monoisotopic (exact) mass is 234 g/mol. The van der Waals surface area contributed by atoms with Crippen LogP contribution >= 0.6 is 0 Å². The maximum absolute atomic E-state index is 5.79. The van der Waals surface area contributed by atoms with E-state index in [-0.39, 0.29) is 0 Å². The van der Waals surface area contributed by atoms with Gasteiger partial charge in [-0.3, -0.25) is 0 Å². The largest absolute Gasteiger partial charge is 0.399 e. The third-order valence-corrected chi connectivity index (χ3v) is 3.26. The maximum atomic E-state index is 5.79. The van der Waals surface area contributed by atoms with Crippen LogP contribution in [0.25, 0.3) is 0 Å². The van der Waals surface area contributed by atoms with Gasteiger partial charge >= 0.3 is 0 Å². The molecule has 1 aromatic carbocycles. The van der Waals surface area contributed by atoms with Crippen LogP contribution in [0.2, 0.25) is 0 Å². The minimum atomic E-state index is 0.458. The zero-order valence-electron chi connectivity index (χ0n) is 10.6. The highest BCUT2D eigenvalue weighted by atomic mass is 16.5. The van der Waals surface area contributed by atoms with Crippen molar-refractivity contribution in [1.29, 1.82) is 0 Å². The molecule has 94 valence electrons. The van der Waals surface area contributed by atoms with Crippen LogP contribution in [0.1, 0.15) is 26.2 Å². The van der Waals surface area contributed by atoms with Crippen LogP contribution in [0.3, 0.4) is 0 Å². The van der Waals surface area contributed by atoms with E-state index in [1.807, 2.05) is 12.1 Å². The molecule has 0 radical (unpaired) electrons. The first-order chi connectivity index (χ1) is 8.29. The molecule has 0 saturated carbocycles. The normalized spacial score (nSPS) is 17.4. The molecule has 3 heteroatoms. The Balaban J connectivity index is 1.84. The highest BCUT2D eigenvalue weighted by molar-refractivity contribution is 5.53. The molecule has 1 aromatic rings. The Labute approximate surface area is 104 Å². The van der Waals surface area contributed by atoms with Crippen LogP contribution in [0, 0.1) is 0 Å². The molecule has 1 fully saturated rings. The number of ether oxygens (including phenoxy) is 1. The topological polar surface area (TPSA) is 38.5 Å². The highest BCUT2D eigenvalue weighted by Crippen LogP contribution is 2.22. The van der Waals surface area contributed by atoms with Gasteiger partial charge in [-0.05, 0) is 43.5 Å². The summed E-state index contributed by atoms with van der Waals surface area (Å²) in [5.74, 6) is 0. The fourth-order valence-electron chi connectivity index (χ4n) is 2.25. The van der Waals surface area contributed by atoms with E-state index in [0.717, 1.165) is 44.6 Å². The number of nitrogens with zero attached hydrogens (tertiary/aromatic N) is 1. The quantitative estimate of drug-likeness (QED) is 0.814. The second kappa shape index (κ2) is 5.92. The van der Waals surface area contributed by atoms with Gasteiger partial charge < -0.3 is 15.4 Å². The lowest BCUT2D eigenvalue weighted by Gasteiger charge is -2.33. The van der Waals surface area contributed by atoms with Gasteiger partial charge in [-0.1, -0.05) is 6.92 Å². The van der Waals surface area contributed by atoms with Crippen LogP contribution in [0.15, 0.2) is 24.3 Å². The van der Waals surface area contributed by atoms with Crippen molar-refractivity contribution >= 4 is 11.4 Å². The molecule has 17 heavy (non-hydrogen) atoms. The predicted molar refractivity (Wildman–Crippen MR) is 72.3 cm³/mol. The van der Waals surface area contributed by atoms with Crippen LogP contribution in [-0.4, -0.2) is 25.8 Å². The van der Waals surface area contributed by atoms with Gasteiger partial charge in [0.1, 0.15) is 0 Å². The fraction of sp³-hybridized carbons (Fsp3) is 0.571. The van der Waals surface area contributed by atoms with E-state index in [0.29, 0.717) is 6.10 Å². The molecule has 0 aliphatic carbocycles. The predicted octanol–water partition coefficient (Wildman–Crippen LogP) is 2.66. The molecule has 0 aromatic heterocycles. The number of benzene rings is 1. The third-order valence-electron chi connectivity index (χ3n) is 3.26. The van der Waals surface area contributed by atoms with Crippen molar-refractivity contribution in [2.45, 2.75) is 32.3 Å². The van der Waals surface area contributed by atoms with Crippen molar-refractivity contribution in [1.82, 2.24) is 0 Å². The number of nitrogens with two attached hydrogens (primary N) is 1. The molecule has 3 nitrogen and oxygen atoms in total. The Hall–Kier alpha value is -1.22. The summed E-state index contributed by atoms with van der Waals surface area (Å²) in [5, 5.41) is 0. The zero-order chi connectivity index (χ0) is 12.1. The van der Waals surface area contributed by atoms with Crippen molar-refractivity contribution in [3.8, 4) is 0 Å². The lowest BCUT2D eigenvalue weighted by molar-refractivity contribution is 0.0375. The number of rotatable bonds is 4. The molecule has 0 amide bonds. The fourth-order valence-corrected chi connectivity index (χ4v) is 2.25. The van der Waals surface area contributed by atoms with E-state index < -0.39 is 0 Å². The number of anilines is 2. The van der Waals surface area contributed by atoms with Crippen molar-refractivity contribution in [2.75, 3.05) is 30.3 Å². The van der Waals surface area contributed by atoms with Gasteiger partial charge in [0.2, 0.25) is 0 Å². The second-order valence-electron chi connectivity index (χ2n) is 4.65. The van der Waals surface area contributed by atoms with Crippen molar-refractivity contribution in [3.05, 3.63) is 24.3 Å². The summed E-state index contributed by atoms with van der Waals surface area (Å²) < 4.78 is 5.79. The Morgan fingerprint density at radius 1 is 1.24 bits per heavy atom. The molecule has 0 spiro atoms. The minimum absolute atomic E-state index is 0.458. The summed E-state index contributed by atoms with van der Waals surface area (Å²) >= 11 is 0. The molecule has 1 heterocycles. The van der Waals surface area contributed by atoms with Gasteiger partial charge in [-0.25, -0.2) is 0 Å². The average Bonchev–Trinajstić information content (AvgIpc) is 2.38. The molecule has 0 unspecified atom stereocenters. The van der Waals surface area contributed by atoms with Crippen molar-refractivity contribution in [2.24, 2.45) is 0 Å². The molecule has 0 bridgehead atoms. The Morgan fingerprint density at radius 2 is 1.88 bits per heavy atom. The number of piperidine rings is 1. The van der Waals surface area contributed by atoms with Gasteiger partial charge in [-0.2, -0.15) is 0 Å². The summed E-state index contributed by atoms with van der Waals surface area (Å²) in [6, 6.07) is 8.13.